The number of piperazine rings is 1. The molecule has 9 heteroatoms. The Morgan fingerprint density at radius 3 is 2.60 bits per heavy atom. The van der Waals surface area contributed by atoms with Crippen LogP contribution in [0.25, 0.3) is 11.0 Å². The van der Waals surface area contributed by atoms with Gasteiger partial charge in [-0.05, 0) is 32.0 Å². The van der Waals surface area contributed by atoms with Gasteiger partial charge in [0.2, 0.25) is 5.95 Å². The number of nitrogens with one attached hydrogen (secondary N) is 1. The molecule has 0 bridgehead atoms. The third-order valence-corrected chi connectivity index (χ3v) is 5.76. The summed E-state index contributed by atoms with van der Waals surface area (Å²) in [5.74, 6) is 1.15. The molecule has 156 valence electrons. The zero-order valence-electron chi connectivity index (χ0n) is 17.2. The molecule has 0 unspecified atom stereocenters. The summed E-state index contributed by atoms with van der Waals surface area (Å²) in [6.07, 6.45) is 5.19. The van der Waals surface area contributed by atoms with Gasteiger partial charge in [-0.3, -0.25) is 4.57 Å². The molecule has 1 aromatic carbocycles. The van der Waals surface area contributed by atoms with Crippen molar-refractivity contribution >= 4 is 28.4 Å². The van der Waals surface area contributed by atoms with Crippen LogP contribution in [0.5, 0.6) is 5.75 Å². The molecule has 3 aromatic rings. The molecule has 0 radical (unpaired) electrons. The second kappa shape index (κ2) is 7.56. The maximum atomic E-state index is 12.2. The third kappa shape index (κ3) is 3.56. The minimum atomic E-state index is -0.260. The average Bonchev–Trinajstić information content (AvgIpc) is 3.59. The van der Waals surface area contributed by atoms with Crippen molar-refractivity contribution in [3.05, 3.63) is 41.1 Å². The van der Waals surface area contributed by atoms with Crippen molar-refractivity contribution in [2.75, 3.05) is 50.6 Å². The van der Waals surface area contributed by atoms with Crippen molar-refractivity contribution < 1.29 is 4.74 Å². The Morgan fingerprint density at radius 2 is 1.87 bits per heavy atom. The Labute approximate surface area is 174 Å². The van der Waals surface area contributed by atoms with E-state index >= 15 is 0 Å². The van der Waals surface area contributed by atoms with E-state index in [9.17, 15) is 4.79 Å². The zero-order chi connectivity index (χ0) is 20.7. The molecule has 30 heavy (non-hydrogen) atoms. The van der Waals surface area contributed by atoms with E-state index in [1.54, 1.807) is 17.9 Å². The molecule has 0 atom stereocenters. The highest BCUT2D eigenvalue weighted by molar-refractivity contribution is 5.76. The summed E-state index contributed by atoms with van der Waals surface area (Å²) >= 11 is 0. The summed E-state index contributed by atoms with van der Waals surface area (Å²) in [6.45, 7) is 4.08. The normalized spacial score (nSPS) is 17.3. The van der Waals surface area contributed by atoms with Gasteiger partial charge in [0.15, 0.2) is 5.65 Å². The molecule has 2 fully saturated rings. The van der Waals surface area contributed by atoms with Crippen LogP contribution >= 0.6 is 0 Å². The summed E-state index contributed by atoms with van der Waals surface area (Å²) in [5, 5.41) is 4.00. The van der Waals surface area contributed by atoms with Gasteiger partial charge in [0.25, 0.3) is 0 Å². The number of fused-ring (bicyclic) bond motifs is 1. The number of likely N-dealkylation sites (N-methyl/N-ethyl adjacent to an activating group) is 1. The van der Waals surface area contributed by atoms with Crippen LogP contribution in [-0.2, 0) is 0 Å². The van der Waals surface area contributed by atoms with Gasteiger partial charge in [-0.1, -0.05) is 0 Å². The van der Waals surface area contributed by atoms with Crippen LogP contribution in [0.4, 0.5) is 17.3 Å². The van der Waals surface area contributed by atoms with Crippen LogP contribution in [0.2, 0.25) is 0 Å². The number of methoxy groups -OCH3 is 1. The summed E-state index contributed by atoms with van der Waals surface area (Å²) < 4.78 is 7.30. The van der Waals surface area contributed by atoms with Crippen LogP contribution in [0.15, 0.2) is 35.4 Å². The maximum Gasteiger partial charge on any atom is 0.349 e. The van der Waals surface area contributed by atoms with Gasteiger partial charge in [-0.2, -0.15) is 4.98 Å². The summed E-state index contributed by atoms with van der Waals surface area (Å²) in [7, 11) is 3.80. The Morgan fingerprint density at radius 1 is 1.10 bits per heavy atom. The van der Waals surface area contributed by atoms with E-state index in [1.807, 2.05) is 12.1 Å². The van der Waals surface area contributed by atoms with Gasteiger partial charge in [-0.15, -0.1) is 0 Å². The second-order valence-corrected chi connectivity index (χ2v) is 7.91. The largest absolute Gasteiger partial charge is 0.494 e. The van der Waals surface area contributed by atoms with Crippen molar-refractivity contribution in [1.29, 1.82) is 0 Å². The number of hydrogen-bond donors (Lipinski definition) is 1. The van der Waals surface area contributed by atoms with Crippen molar-refractivity contribution in [2.24, 2.45) is 0 Å². The average molecular weight is 407 g/mol. The van der Waals surface area contributed by atoms with Crippen LogP contribution < -0.4 is 20.6 Å². The first kappa shape index (κ1) is 18.8. The van der Waals surface area contributed by atoms with Crippen LogP contribution in [-0.4, -0.2) is 64.8 Å². The minimum Gasteiger partial charge on any atom is -0.494 e. The number of benzene rings is 1. The van der Waals surface area contributed by atoms with E-state index in [0.29, 0.717) is 11.6 Å². The second-order valence-electron chi connectivity index (χ2n) is 7.91. The minimum absolute atomic E-state index is 0.189. The molecule has 0 spiro atoms. The van der Waals surface area contributed by atoms with Crippen molar-refractivity contribution in [3.8, 4) is 5.75 Å². The van der Waals surface area contributed by atoms with Crippen LogP contribution in [0.3, 0.4) is 0 Å². The molecule has 1 aliphatic heterocycles. The number of ether oxygens (including phenoxy) is 1. The van der Waals surface area contributed by atoms with Gasteiger partial charge in [-0.25, -0.2) is 14.8 Å². The molecule has 1 saturated carbocycles. The molecule has 2 aromatic heterocycles. The van der Waals surface area contributed by atoms with E-state index in [4.69, 9.17) is 4.74 Å². The van der Waals surface area contributed by atoms with Gasteiger partial charge in [0, 0.05) is 56.4 Å². The van der Waals surface area contributed by atoms with E-state index in [-0.39, 0.29) is 11.7 Å². The quantitative estimate of drug-likeness (QED) is 0.687. The fourth-order valence-electron chi connectivity index (χ4n) is 3.83. The Bertz CT molecular complexity index is 1130. The molecule has 9 nitrogen and oxygen atoms in total. The predicted octanol–water partition coefficient (Wildman–Crippen LogP) is 2.03. The number of hydrogen-bond acceptors (Lipinski definition) is 8. The SMILES string of the molecule is COc1cc(N2CCN(C)CC2)ccc1Nc1ncc2cnc(=O)n(C3CC3)c2n1. The van der Waals surface area contributed by atoms with E-state index in [2.05, 4.69) is 43.2 Å². The molecular weight excluding hydrogens is 382 g/mol. The van der Waals surface area contributed by atoms with E-state index in [1.165, 1.54) is 6.20 Å². The molecule has 1 N–H and O–H groups in total. The van der Waals surface area contributed by atoms with E-state index < -0.39 is 0 Å². The van der Waals surface area contributed by atoms with Gasteiger partial charge in [0.05, 0.1) is 18.2 Å². The number of aromatic nitrogens is 4. The molecule has 2 aliphatic rings. The number of anilines is 3. The van der Waals surface area contributed by atoms with Crippen molar-refractivity contribution in [3.63, 3.8) is 0 Å². The fourth-order valence-corrected chi connectivity index (χ4v) is 3.83. The highest BCUT2D eigenvalue weighted by Crippen LogP contribution is 2.35. The van der Waals surface area contributed by atoms with Gasteiger partial charge >= 0.3 is 5.69 Å². The Kier molecular flexibility index (Phi) is 4.74. The van der Waals surface area contributed by atoms with Crippen LogP contribution in [0, 0.1) is 0 Å². The number of rotatable bonds is 5. The first-order chi connectivity index (χ1) is 14.6. The Balaban J connectivity index is 1.44. The molecule has 0 amide bonds. The standard InChI is InChI=1S/C21H25N7O2/c1-26-7-9-27(10-8-26)16-5-6-17(18(11-16)30-2)24-20-22-12-14-13-23-21(29)28(15-3-4-15)19(14)25-20/h5-6,11-13,15H,3-4,7-10H2,1-2H3,(H,22,24,25). The molecule has 5 rings (SSSR count). The lowest BCUT2D eigenvalue weighted by atomic mass is 10.2. The topological polar surface area (TPSA) is 88.4 Å². The van der Waals surface area contributed by atoms with Gasteiger partial charge < -0.3 is 19.9 Å². The van der Waals surface area contributed by atoms with E-state index in [0.717, 1.165) is 61.5 Å². The summed E-state index contributed by atoms with van der Waals surface area (Å²) in [4.78, 5) is 29.9. The third-order valence-electron chi connectivity index (χ3n) is 5.76. The van der Waals surface area contributed by atoms with Gasteiger partial charge in [0.1, 0.15) is 5.75 Å². The first-order valence-corrected chi connectivity index (χ1v) is 10.3. The molecule has 1 saturated heterocycles. The monoisotopic (exact) mass is 407 g/mol. The zero-order valence-corrected chi connectivity index (χ0v) is 17.2. The Hall–Kier alpha value is -3.20. The lowest BCUT2D eigenvalue weighted by molar-refractivity contribution is 0.312. The lowest BCUT2D eigenvalue weighted by Crippen LogP contribution is -2.44. The molecule has 3 heterocycles. The highest BCUT2D eigenvalue weighted by atomic mass is 16.5. The smallest absolute Gasteiger partial charge is 0.349 e. The highest BCUT2D eigenvalue weighted by Gasteiger charge is 2.27. The number of nitrogens with zero attached hydrogens (tertiary/aromatic N) is 6. The summed E-state index contributed by atoms with van der Waals surface area (Å²) in [5.41, 5.74) is 2.27. The maximum absolute atomic E-state index is 12.2. The van der Waals surface area contributed by atoms with Crippen molar-refractivity contribution in [2.45, 2.75) is 18.9 Å². The van der Waals surface area contributed by atoms with Crippen LogP contribution in [0.1, 0.15) is 18.9 Å². The predicted molar refractivity (Wildman–Crippen MR) is 116 cm³/mol. The fraction of sp³-hybridized carbons (Fsp3) is 0.429. The lowest BCUT2D eigenvalue weighted by Gasteiger charge is -2.34. The molecule has 1 aliphatic carbocycles. The van der Waals surface area contributed by atoms with Crippen molar-refractivity contribution in [1.82, 2.24) is 24.4 Å². The summed E-state index contributed by atoms with van der Waals surface area (Å²) in [6, 6.07) is 6.30. The first-order valence-electron chi connectivity index (χ1n) is 10.3. The molecular formula is C21H25N7O2.